The van der Waals surface area contributed by atoms with Crippen molar-refractivity contribution in [1.82, 2.24) is 9.97 Å². The number of amides is 1. The predicted molar refractivity (Wildman–Crippen MR) is 165 cm³/mol. The molecule has 0 bridgehead atoms. The summed E-state index contributed by atoms with van der Waals surface area (Å²) in [4.78, 5) is 36.5. The van der Waals surface area contributed by atoms with Gasteiger partial charge in [0, 0.05) is 25.4 Å². The highest BCUT2D eigenvalue weighted by Crippen LogP contribution is 2.47. The van der Waals surface area contributed by atoms with E-state index in [1.807, 2.05) is 4.90 Å². The quantitative estimate of drug-likeness (QED) is 0.274. The van der Waals surface area contributed by atoms with Gasteiger partial charge in [-0.3, -0.25) is 9.69 Å². The zero-order valence-corrected chi connectivity index (χ0v) is 26.6. The van der Waals surface area contributed by atoms with E-state index in [1.54, 1.807) is 13.0 Å². The number of carboxylic acids is 1. The number of carbonyl (C=O) groups excluding carboxylic acids is 1. The molecule has 2 aromatic carbocycles. The third-order valence-electron chi connectivity index (χ3n) is 8.66. The monoisotopic (exact) mass is 706 g/mol. The van der Waals surface area contributed by atoms with Crippen molar-refractivity contribution in [2.24, 2.45) is 5.73 Å². The number of aliphatic carboxylic acids is 1. The summed E-state index contributed by atoms with van der Waals surface area (Å²) in [5.74, 6) is -2.26. The van der Waals surface area contributed by atoms with Gasteiger partial charge in [-0.05, 0) is 60.4 Å². The summed E-state index contributed by atoms with van der Waals surface area (Å²) >= 11 is 0. The molecule has 1 saturated heterocycles. The number of carboxylic acid groups (broad SMARTS) is 1. The van der Waals surface area contributed by atoms with Crippen LogP contribution >= 0.6 is 0 Å². The lowest BCUT2D eigenvalue weighted by molar-refractivity contribution is -0.138. The Morgan fingerprint density at radius 2 is 1.78 bits per heavy atom. The first-order valence-electron chi connectivity index (χ1n) is 15.5. The average molecular weight is 707 g/mol. The third kappa shape index (κ3) is 7.76. The molecule has 266 valence electrons. The molecule has 17 heteroatoms. The van der Waals surface area contributed by atoms with Crippen LogP contribution in [0.5, 0.6) is 0 Å². The van der Waals surface area contributed by atoms with Crippen LogP contribution in [0.3, 0.4) is 0 Å². The number of hydrogen-bond donors (Lipinski definition) is 2. The molecule has 0 aliphatic carbocycles. The summed E-state index contributed by atoms with van der Waals surface area (Å²) < 4.78 is 93.9. The summed E-state index contributed by atoms with van der Waals surface area (Å²) in [6.45, 7) is 2.65. The maximum atomic E-state index is 14.0. The summed E-state index contributed by atoms with van der Waals surface area (Å²) in [5, 5.41) is 18.4. The SMILES string of the molecule is CC[C@]1(N)C[C@H](c2ncc(N3CCOCC3)c(Cc3cc(C#N)cc(C(F)(F)F)c3)n2)c2cc(C(F)(F)F)ccc2N1C(=O)OCCC(=O)O. The number of aromatic nitrogens is 2. The predicted octanol–water partition coefficient (Wildman–Crippen LogP) is 5.83. The highest BCUT2D eigenvalue weighted by molar-refractivity contribution is 5.91. The minimum atomic E-state index is -4.78. The number of morpholine rings is 1. The van der Waals surface area contributed by atoms with E-state index in [4.69, 9.17) is 25.3 Å². The Morgan fingerprint density at radius 1 is 1.08 bits per heavy atom. The number of carbonyl (C=O) groups is 2. The Hall–Kier alpha value is -4.95. The molecule has 0 unspecified atom stereocenters. The van der Waals surface area contributed by atoms with Crippen molar-refractivity contribution in [3.8, 4) is 6.07 Å². The fraction of sp³-hybridized carbons (Fsp3) is 0.424. The van der Waals surface area contributed by atoms with Crippen LogP contribution in [-0.2, 0) is 33.0 Å². The van der Waals surface area contributed by atoms with E-state index >= 15 is 0 Å². The number of nitrogens with two attached hydrogens (primary N) is 1. The summed E-state index contributed by atoms with van der Waals surface area (Å²) in [7, 11) is 0. The number of ether oxygens (including phenoxy) is 2. The first kappa shape index (κ1) is 36.3. The van der Waals surface area contributed by atoms with Crippen molar-refractivity contribution in [2.75, 3.05) is 42.7 Å². The second-order valence-corrected chi connectivity index (χ2v) is 11.9. The Labute approximate surface area is 282 Å². The van der Waals surface area contributed by atoms with E-state index in [0.29, 0.717) is 32.0 Å². The van der Waals surface area contributed by atoms with Gasteiger partial charge < -0.3 is 25.2 Å². The minimum absolute atomic E-state index is 0.00670. The molecule has 0 spiro atoms. The van der Waals surface area contributed by atoms with E-state index < -0.39 is 60.2 Å². The summed E-state index contributed by atoms with van der Waals surface area (Å²) in [6.07, 6.45) is -9.93. The summed E-state index contributed by atoms with van der Waals surface area (Å²) in [5.41, 5.74) is 3.73. The lowest BCUT2D eigenvalue weighted by Crippen LogP contribution is -2.61. The molecule has 2 aliphatic rings. The lowest BCUT2D eigenvalue weighted by atomic mass is 9.80. The van der Waals surface area contributed by atoms with Gasteiger partial charge in [-0.2, -0.15) is 31.6 Å². The maximum Gasteiger partial charge on any atom is 0.416 e. The number of benzene rings is 2. The molecule has 3 N–H and O–H groups in total. The highest BCUT2D eigenvalue weighted by Gasteiger charge is 2.47. The summed E-state index contributed by atoms with van der Waals surface area (Å²) in [6, 6.07) is 7.42. The van der Waals surface area contributed by atoms with Crippen LogP contribution in [-0.4, -0.2) is 65.7 Å². The average Bonchev–Trinajstić information content (AvgIpc) is 3.06. The first-order valence-corrected chi connectivity index (χ1v) is 15.5. The standard InChI is InChI=1S/C33H32F6N6O5/c1-2-31(41)16-24(23-15-21(32(34,35)36)3-4-26(23)45(31)30(48)50-8-5-28(46)47)29-42-18-27(44-6-9-49-10-7-44)25(43-29)14-19-11-20(17-40)13-22(12-19)33(37,38)39/h3-4,11-13,15,18,24H,2,5-10,14,16,41H2,1H3,(H,46,47)/t24-,31+/m0/s1. The van der Waals surface area contributed by atoms with Crippen molar-refractivity contribution in [2.45, 2.75) is 56.5 Å². The van der Waals surface area contributed by atoms with Crippen molar-refractivity contribution in [3.05, 3.63) is 81.9 Å². The molecule has 3 aromatic rings. The van der Waals surface area contributed by atoms with Crippen LogP contribution in [0.1, 0.15) is 71.4 Å². The molecule has 0 radical (unpaired) electrons. The maximum absolute atomic E-state index is 14.0. The van der Waals surface area contributed by atoms with Gasteiger partial charge in [0.2, 0.25) is 0 Å². The van der Waals surface area contributed by atoms with Gasteiger partial charge >= 0.3 is 24.4 Å². The molecule has 3 heterocycles. The minimum Gasteiger partial charge on any atom is -0.481 e. The molecular weight excluding hydrogens is 674 g/mol. The van der Waals surface area contributed by atoms with Crippen molar-refractivity contribution in [1.29, 1.82) is 5.26 Å². The van der Waals surface area contributed by atoms with E-state index in [-0.39, 0.29) is 53.2 Å². The van der Waals surface area contributed by atoms with Crippen LogP contribution in [0.4, 0.5) is 42.5 Å². The van der Waals surface area contributed by atoms with Crippen LogP contribution in [0.25, 0.3) is 0 Å². The fourth-order valence-corrected chi connectivity index (χ4v) is 6.12. The number of nitriles is 1. The van der Waals surface area contributed by atoms with Crippen LogP contribution in [0, 0.1) is 11.3 Å². The first-order chi connectivity index (χ1) is 23.5. The van der Waals surface area contributed by atoms with Gasteiger partial charge in [0.1, 0.15) is 18.1 Å². The second kappa shape index (κ2) is 14.1. The topological polar surface area (TPSA) is 155 Å². The molecule has 50 heavy (non-hydrogen) atoms. The van der Waals surface area contributed by atoms with E-state index in [1.165, 1.54) is 12.3 Å². The highest BCUT2D eigenvalue weighted by atomic mass is 19.4. The molecular formula is C33H32F6N6O5. The number of nitrogens with zero attached hydrogens (tertiary/aromatic N) is 5. The molecule has 0 saturated carbocycles. The van der Waals surface area contributed by atoms with Crippen molar-refractivity contribution >= 4 is 23.4 Å². The number of hydrogen-bond acceptors (Lipinski definition) is 9. The van der Waals surface area contributed by atoms with Gasteiger partial charge in [-0.1, -0.05) is 6.92 Å². The zero-order chi connectivity index (χ0) is 36.4. The Kier molecular flexibility index (Phi) is 10.3. The van der Waals surface area contributed by atoms with E-state index in [0.717, 1.165) is 35.2 Å². The molecule has 1 fully saturated rings. The van der Waals surface area contributed by atoms with Gasteiger partial charge in [0.05, 0.1) is 65.7 Å². The smallest absolute Gasteiger partial charge is 0.416 e. The van der Waals surface area contributed by atoms with Gasteiger partial charge in [0.25, 0.3) is 0 Å². The molecule has 2 atom stereocenters. The van der Waals surface area contributed by atoms with Gasteiger partial charge in [0.15, 0.2) is 0 Å². The second-order valence-electron chi connectivity index (χ2n) is 11.9. The lowest BCUT2D eigenvalue weighted by Gasteiger charge is -2.46. The van der Waals surface area contributed by atoms with Crippen LogP contribution < -0.4 is 15.5 Å². The fourth-order valence-electron chi connectivity index (χ4n) is 6.12. The van der Waals surface area contributed by atoms with Crippen LogP contribution in [0.2, 0.25) is 0 Å². The van der Waals surface area contributed by atoms with Crippen molar-refractivity contribution < 1.29 is 50.5 Å². The molecule has 2 aliphatic heterocycles. The van der Waals surface area contributed by atoms with Gasteiger partial charge in [-0.15, -0.1) is 0 Å². The number of alkyl halides is 6. The van der Waals surface area contributed by atoms with E-state index in [9.17, 15) is 41.2 Å². The zero-order valence-electron chi connectivity index (χ0n) is 26.6. The Bertz CT molecular complexity index is 1810. The number of anilines is 2. The number of rotatable bonds is 8. The number of halogens is 6. The largest absolute Gasteiger partial charge is 0.481 e. The molecule has 11 nitrogen and oxygen atoms in total. The Balaban J connectivity index is 1.65. The Morgan fingerprint density at radius 3 is 2.40 bits per heavy atom. The third-order valence-corrected chi connectivity index (χ3v) is 8.66. The molecule has 5 rings (SSSR count). The van der Waals surface area contributed by atoms with E-state index in [2.05, 4.69) is 4.98 Å². The van der Waals surface area contributed by atoms with Crippen molar-refractivity contribution in [3.63, 3.8) is 0 Å². The molecule has 1 aromatic heterocycles. The van der Waals surface area contributed by atoms with Crippen LogP contribution in [0.15, 0.2) is 42.6 Å². The van der Waals surface area contributed by atoms with Gasteiger partial charge in [-0.25, -0.2) is 14.8 Å². The number of fused-ring (bicyclic) bond motifs is 1. The normalized spacial score (nSPS) is 19.5. The molecule has 1 amide bonds.